The van der Waals surface area contributed by atoms with Crippen LogP contribution in [0, 0.1) is 13.8 Å². The number of rotatable bonds is 6. The molecule has 120 valence electrons. The Labute approximate surface area is 137 Å². The Morgan fingerprint density at radius 3 is 2.23 bits per heavy atom. The highest BCUT2D eigenvalue weighted by atomic mass is 35.5. The molecular formula is C18H23ClFNO. The van der Waals surface area contributed by atoms with Crippen molar-refractivity contribution in [1.29, 1.82) is 0 Å². The molecule has 4 heteroatoms. The zero-order chi connectivity index (χ0) is 15.2. The summed E-state index contributed by atoms with van der Waals surface area (Å²) in [5.74, 6) is 0.884. The van der Waals surface area contributed by atoms with Gasteiger partial charge in [-0.2, -0.15) is 0 Å². The van der Waals surface area contributed by atoms with E-state index in [1.54, 1.807) is 0 Å². The van der Waals surface area contributed by atoms with E-state index in [1.807, 2.05) is 56.3 Å². The highest BCUT2D eigenvalue weighted by molar-refractivity contribution is 5.85. The van der Waals surface area contributed by atoms with Crippen LogP contribution < -0.4 is 10.5 Å². The molecule has 2 N–H and O–H groups in total. The molecule has 2 nitrogen and oxygen atoms in total. The first-order chi connectivity index (χ1) is 10.1. The van der Waals surface area contributed by atoms with Crippen molar-refractivity contribution >= 4 is 12.4 Å². The summed E-state index contributed by atoms with van der Waals surface area (Å²) < 4.78 is 18.3. The van der Waals surface area contributed by atoms with Crippen LogP contribution in [0.15, 0.2) is 42.5 Å². The molecule has 0 saturated heterocycles. The van der Waals surface area contributed by atoms with Crippen molar-refractivity contribution in [3.63, 3.8) is 0 Å². The van der Waals surface area contributed by atoms with Gasteiger partial charge in [0.05, 0.1) is 6.67 Å². The smallest absolute Gasteiger partial charge is 0.125 e. The lowest BCUT2D eigenvalue weighted by molar-refractivity contribution is 0.301. The Kier molecular flexibility index (Phi) is 7.36. The van der Waals surface area contributed by atoms with E-state index in [0.717, 1.165) is 28.0 Å². The van der Waals surface area contributed by atoms with Gasteiger partial charge in [0.25, 0.3) is 0 Å². The number of halogens is 2. The Bertz CT molecular complexity index is 566. The summed E-state index contributed by atoms with van der Waals surface area (Å²) in [4.78, 5) is 0. The number of nitrogens with two attached hydrogens (primary N) is 1. The molecule has 0 aliphatic heterocycles. The minimum atomic E-state index is -0.397. The zero-order valence-corrected chi connectivity index (χ0v) is 13.8. The normalized spacial score (nSPS) is 11.6. The fourth-order valence-electron chi connectivity index (χ4n) is 2.44. The Hall–Kier alpha value is -1.58. The van der Waals surface area contributed by atoms with E-state index in [1.165, 1.54) is 0 Å². The molecule has 0 fully saturated rings. The fraction of sp³-hybridized carbons (Fsp3) is 0.333. The summed E-state index contributed by atoms with van der Waals surface area (Å²) in [6, 6.07) is 13.8. The lowest BCUT2D eigenvalue weighted by Crippen LogP contribution is -2.12. The maximum absolute atomic E-state index is 12.4. The molecule has 0 saturated carbocycles. The van der Waals surface area contributed by atoms with Crippen LogP contribution in [0.4, 0.5) is 4.39 Å². The van der Waals surface area contributed by atoms with Crippen molar-refractivity contribution in [3.8, 4) is 5.75 Å². The number of benzene rings is 2. The van der Waals surface area contributed by atoms with Gasteiger partial charge in [0.15, 0.2) is 0 Å². The monoisotopic (exact) mass is 323 g/mol. The highest BCUT2D eigenvalue weighted by Crippen LogP contribution is 2.28. The van der Waals surface area contributed by atoms with Crippen LogP contribution in [-0.4, -0.2) is 6.67 Å². The number of alkyl halides is 1. The van der Waals surface area contributed by atoms with Gasteiger partial charge >= 0.3 is 0 Å². The predicted molar refractivity (Wildman–Crippen MR) is 91.5 cm³/mol. The zero-order valence-electron chi connectivity index (χ0n) is 13.0. The topological polar surface area (TPSA) is 35.2 Å². The molecule has 0 bridgehead atoms. The number of aryl methyl sites for hydroxylation is 2. The summed E-state index contributed by atoms with van der Waals surface area (Å²) in [6.45, 7) is 4.14. The maximum atomic E-state index is 12.4. The SMILES string of the molecule is Cc1cc([C@@H](N)CCF)cc(C)c1OCc1ccccc1.Cl. The van der Waals surface area contributed by atoms with Crippen molar-refractivity contribution in [2.45, 2.75) is 32.9 Å². The number of hydrogen-bond donors (Lipinski definition) is 1. The fourth-order valence-corrected chi connectivity index (χ4v) is 2.44. The summed E-state index contributed by atoms with van der Waals surface area (Å²) >= 11 is 0. The second-order valence-corrected chi connectivity index (χ2v) is 5.34. The van der Waals surface area contributed by atoms with Crippen molar-refractivity contribution in [2.75, 3.05) is 6.67 Å². The third kappa shape index (κ3) is 4.72. The first kappa shape index (κ1) is 18.5. The molecule has 0 aromatic heterocycles. The molecule has 0 radical (unpaired) electrons. The Balaban J connectivity index is 0.00000242. The number of ether oxygens (including phenoxy) is 1. The van der Waals surface area contributed by atoms with Crippen molar-refractivity contribution in [1.82, 2.24) is 0 Å². The van der Waals surface area contributed by atoms with E-state index >= 15 is 0 Å². The first-order valence-electron chi connectivity index (χ1n) is 7.21. The first-order valence-corrected chi connectivity index (χ1v) is 7.21. The molecule has 2 aromatic rings. The van der Waals surface area contributed by atoms with Crippen LogP contribution in [0.25, 0.3) is 0 Å². The van der Waals surface area contributed by atoms with Crippen LogP contribution in [0.2, 0.25) is 0 Å². The van der Waals surface area contributed by atoms with Crippen LogP contribution in [-0.2, 0) is 6.61 Å². The maximum Gasteiger partial charge on any atom is 0.125 e. The summed E-state index contributed by atoms with van der Waals surface area (Å²) in [6.07, 6.45) is 0.350. The van der Waals surface area contributed by atoms with Gasteiger partial charge in [0.2, 0.25) is 0 Å². The van der Waals surface area contributed by atoms with E-state index in [-0.39, 0.29) is 18.4 Å². The van der Waals surface area contributed by atoms with Gasteiger partial charge in [-0.25, -0.2) is 0 Å². The van der Waals surface area contributed by atoms with E-state index in [4.69, 9.17) is 10.5 Å². The van der Waals surface area contributed by atoms with E-state index in [2.05, 4.69) is 0 Å². The van der Waals surface area contributed by atoms with Gasteiger partial charge < -0.3 is 10.5 Å². The lowest BCUT2D eigenvalue weighted by Gasteiger charge is -2.17. The van der Waals surface area contributed by atoms with E-state index < -0.39 is 6.67 Å². The van der Waals surface area contributed by atoms with Crippen LogP contribution in [0.3, 0.4) is 0 Å². The Morgan fingerprint density at radius 2 is 1.68 bits per heavy atom. The third-order valence-corrected chi connectivity index (χ3v) is 3.56. The van der Waals surface area contributed by atoms with Crippen molar-refractivity contribution in [2.24, 2.45) is 5.73 Å². The molecule has 0 unspecified atom stereocenters. The van der Waals surface area contributed by atoms with E-state index in [0.29, 0.717) is 13.0 Å². The molecule has 0 heterocycles. The van der Waals surface area contributed by atoms with Gasteiger partial charge in [-0.05, 0) is 42.5 Å². The highest BCUT2D eigenvalue weighted by Gasteiger charge is 2.11. The van der Waals surface area contributed by atoms with Gasteiger partial charge in [0.1, 0.15) is 12.4 Å². The minimum Gasteiger partial charge on any atom is -0.488 e. The average Bonchev–Trinajstić information content (AvgIpc) is 2.47. The predicted octanol–water partition coefficient (Wildman–Crippen LogP) is 4.66. The Morgan fingerprint density at radius 1 is 1.09 bits per heavy atom. The lowest BCUT2D eigenvalue weighted by atomic mass is 9.99. The van der Waals surface area contributed by atoms with Gasteiger partial charge in [-0.3, -0.25) is 4.39 Å². The van der Waals surface area contributed by atoms with Crippen LogP contribution in [0.1, 0.15) is 34.7 Å². The average molecular weight is 324 g/mol. The summed E-state index contributed by atoms with van der Waals surface area (Å²) in [5.41, 5.74) is 10.2. The largest absolute Gasteiger partial charge is 0.488 e. The second-order valence-electron chi connectivity index (χ2n) is 5.34. The molecule has 1 atom stereocenters. The van der Waals surface area contributed by atoms with Gasteiger partial charge in [-0.15, -0.1) is 12.4 Å². The standard InChI is InChI=1S/C18H22FNO.ClH/c1-13-10-16(17(20)8-9-19)11-14(2)18(13)21-12-15-6-4-3-5-7-15;/h3-7,10-11,17H,8-9,12,20H2,1-2H3;1H/t17-;/m0./s1. The van der Waals surface area contributed by atoms with Gasteiger partial charge in [-0.1, -0.05) is 42.5 Å². The summed E-state index contributed by atoms with van der Waals surface area (Å²) in [5, 5.41) is 0. The molecule has 0 spiro atoms. The molecule has 22 heavy (non-hydrogen) atoms. The van der Waals surface area contributed by atoms with E-state index in [9.17, 15) is 4.39 Å². The second kappa shape index (κ2) is 8.76. The van der Waals surface area contributed by atoms with Gasteiger partial charge in [0, 0.05) is 6.04 Å². The minimum absolute atomic E-state index is 0. The van der Waals surface area contributed by atoms with Crippen molar-refractivity contribution in [3.05, 3.63) is 64.7 Å². The molecule has 2 rings (SSSR count). The summed E-state index contributed by atoms with van der Waals surface area (Å²) in [7, 11) is 0. The molecule has 0 amide bonds. The quantitative estimate of drug-likeness (QED) is 0.838. The number of hydrogen-bond acceptors (Lipinski definition) is 2. The molecule has 0 aliphatic carbocycles. The molecular weight excluding hydrogens is 301 g/mol. The van der Waals surface area contributed by atoms with Crippen molar-refractivity contribution < 1.29 is 9.13 Å². The third-order valence-electron chi connectivity index (χ3n) is 3.56. The molecule has 2 aromatic carbocycles. The van der Waals surface area contributed by atoms with Crippen LogP contribution >= 0.6 is 12.4 Å². The molecule has 0 aliphatic rings. The van der Waals surface area contributed by atoms with Crippen LogP contribution in [0.5, 0.6) is 5.75 Å².